The van der Waals surface area contributed by atoms with Gasteiger partial charge in [-0.3, -0.25) is 4.79 Å². The van der Waals surface area contributed by atoms with Crippen molar-refractivity contribution in [3.05, 3.63) is 0 Å². The Morgan fingerprint density at radius 3 is 1.35 bits per heavy atom. The first-order valence-corrected chi connectivity index (χ1v) is 9.67. The molecule has 0 fully saturated rings. The molecule has 134 valence electrons. The molecule has 0 radical (unpaired) electrons. The van der Waals surface area contributed by atoms with E-state index in [9.17, 15) is 4.79 Å². The fourth-order valence-corrected chi connectivity index (χ4v) is 2.86. The van der Waals surface area contributed by atoms with Gasteiger partial charge in [0.05, 0.1) is 0 Å². The van der Waals surface area contributed by atoms with Crippen LogP contribution in [0, 0.1) is 0 Å². The van der Waals surface area contributed by atoms with Crippen LogP contribution in [0.1, 0.15) is 110 Å². The first-order chi connectivity index (χ1) is 10.7. The van der Waals surface area contributed by atoms with Gasteiger partial charge in [0.1, 0.15) is 6.04 Å². The molecule has 4 heteroatoms. The fourth-order valence-electron chi connectivity index (χ4n) is 2.86. The molecule has 0 aromatic rings. The Bertz CT molecular complexity index is 250. The van der Waals surface area contributed by atoms with E-state index in [0.29, 0.717) is 6.42 Å². The van der Waals surface area contributed by atoms with Crippen molar-refractivity contribution in [1.82, 2.24) is 0 Å². The third kappa shape index (κ3) is 20.4. The first-order valence-electron chi connectivity index (χ1n) is 9.67. The van der Waals surface area contributed by atoms with E-state index >= 15 is 0 Å². The number of carboxylic acids is 1. The van der Waals surface area contributed by atoms with Gasteiger partial charge in [-0.05, 0) is 6.42 Å². The molecule has 0 saturated carbocycles. The molecule has 1 atom stereocenters. The third-order valence-electron chi connectivity index (χ3n) is 4.44. The van der Waals surface area contributed by atoms with E-state index in [1.807, 2.05) is 0 Å². The van der Waals surface area contributed by atoms with Crippen LogP contribution in [0.5, 0.6) is 0 Å². The molecule has 3 nitrogen and oxygen atoms in total. The summed E-state index contributed by atoms with van der Waals surface area (Å²) in [5.41, 5.74) is 5.47. The summed E-state index contributed by atoms with van der Waals surface area (Å²) in [5.74, 6) is -0.870. The average molecular weight is 338 g/mol. The molecule has 0 rings (SSSR count). The predicted molar refractivity (Wildman–Crippen MR) is 102 cm³/mol. The van der Waals surface area contributed by atoms with Gasteiger partial charge in [-0.1, -0.05) is 103 Å². The summed E-state index contributed by atoms with van der Waals surface area (Å²) in [6, 6.07) is -0.665. The van der Waals surface area contributed by atoms with Gasteiger partial charge in [0.2, 0.25) is 0 Å². The van der Waals surface area contributed by atoms with Gasteiger partial charge >= 0.3 is 35.5 Å². The number of rotatable bonds is 17. The van der Waals surface area contributed by atoms with E-state index in [1.165, 1.54) is 83.5 Å². The van der Waals surface area contributed by atoms with Gasteiger partial charge in [-0.25, -0.2) is 0 Å². The van der Waals surface area contributed by atoms with E-state index < -0.39 is 12.0 Å². The van der Waals surface area contributed by atoms with E-state index in [-0.39, 0.29) is 29.6 Å². The monoisotopic (exact) mass is 337 g/mol. The molecule has 0 aliphatic rings. The van der Waals surface area contributed by atoms with Crippen molar-refractivity contribution in [2.45, 2.75) is 116 Å². The Morgan fingerprint density at radius 2 is 1.04 bits per heavy atom. The van der Waals surface area contributed by atoms with E-state index in [2.05, 4.69) is 6.92 Å². The van der Waals surface area contributed by atoms with Crippen LogP contribution in [0.3, 0.4) is 0 Å². The molecule has 0 aliphatic carbocycles. The summed E-state index contributed by atoms with van der Waals surface area (Å²) in [6.07, 6.45) is 20.6. The number of carboxylic acid groups (broad SMARTS) is 1. The van der Waals surface area contributed by atoms with Crippen LogP contribution in [0.15, 0.2) is 0 Å². The molecule has 23 heavy (non-hydrogen) atoms. The van der Waals surface area contributed by atoms with E-state index in [4.69, 9.17) is 10.8 Å². The first kappa shape index (κ1) is 25.7. The average Bonchev–Trinajstić information content (AvgIpc) is 2.50. The van der Waals surface area contributed by atoms with Crippen LogP contribution in [-0.4, -0.2) is 46.7 Å². The molecule has 0 heterocycles. The second-order valence-electron chi connectivity index (χ2n) is 6.68. The van der Waals surface area contributed by atoms with E-state index in [1.54, 1.807) is 0 Å². The Hall–Kier alpha value is 0.430. The molecule has 0 aliphatic heterocycles. The molecule has 0 bridgehead atoms. The number of aliphatic carboxylic acids is 1. The molecule has 0 unspecified atom stereocenters. The van der Waals surface area contributed by atoms with Crippen molar-refractivity contribution >= 4 is 35.5 Å². The standard InChI is InChI=1S/C19H39NO2.Na.H/c1-2-3-4-5-6-7-8-9-10-11-12-13-14-15-16-17-18(20)19(21)22;;/h18H,2-17,20H2,1H3,(H,21,22);;/t18-;;/m1../s1. The van der Waals surface area contributed by atoms with Crippen LogP contribution in [0.2, 0.25) is 0 Å². The third-order valence-corrected chi connectivity index (χ3v) is 4.44. The normalized spacial score (nSPS) is 11.9. The molecular formula is C19H40NNaO2. The second kappa shape index (κ2) is 20.5. The summed E-state index contributed by atoms with van der Waals surface area (Å²) in [6.45, 7) is 2.27. The van der Waals surface area contributed by atoms with E-state index in [0.717, 1.165) is 12.8 Å². The predicted octanol–water partition coefficient (Wildman–Crippen LogP) is 5.01. The zero-order valence-electron chi connectivity index (χ0n) is 14.8. The van der Waals surface area contributed by atoms with Crippen molar-refractivity contribution in [3.63, 3.8) is 0 Å². The van der Waals surface area contributed by atoms with Gasteiger partial charge in [0.15, 0.2) is 0 Å². The van der Waals surface area contributed by atoms with Crippen molar-refractivity contribution in [2.75, 3.05) is 0 Å². The van der Waals surface area contributed by atoms with Crippen LogP contribution in [0.25, 0.3) is 0 Å². The summed E-state index contributed by atoms with van der Waals surface area (Å²) in [5, 5.41) is 8.67. The molecule has 0 spiro atoms. The zero-order chi connectivity index (χ0) is 16.5. The Kier molecular flexibility index (Phi) is 22.8. The Balaban J connectivity index is 0. The molecule has 0 saturated heterocycles. The quantitative estimate of drug-likeness (QED) is 0.290. The van der Waals surface area contributed by atoms with Gasteiger partial charge in [0.25, 0.3) is 0 Å². The number of nitrogens with two attached hydrogens (primary N) is 1. The second-order valence-corrected chi connectivity index (χ2v) is 6.68. The zero-order valence-corrected chi connectivity index (χ0v) is 14.8. The number of hydrogen-bond donors (Lipinski definition) is 2. The SMILES string of the molecule is CCCCCCCCCCCCCCCCC[C@@H](N)C(=O)O.[NaH]. The fraction of sp³-hybridized carbons (Fsp3) is 0.947. The van der Waals surface area contributed by atoms with Crippen LogP contribution < -0.4 is 5.73 Å². The van der Waals surface area contributed by atoms with Crippen molar-refractivity contribution in [1.29, 1.82) is 0 Å². The molecule has 0 amide bonds. The van der Waals surface area contributed by atoms with Gasteiger partial charge in [0, 0.05) is 0 Å². The summed E-state index contributed by atoms with van der Waals surface area (Å²) < 4.78 is 0. The van der Waals surface area contributed by atoms with Crippen molar-refractivity contribution < 1.29 is 9.90 Å². The van der Waals surface area contributed by atoms with Crippen molar-refractivity contribution in [3.8, 4) is 0 Å². The maximum atomic E-state index is 10.6. The summed E-state index contributed by atoms with van der Waals surface area (Å²) in [4.78, 5) is 10.6. The van der Waals surface area contributed by atoms with Gasteiger partial charge < -0.3 is 10.8 Å². The van der Waals surface area contributed by atoms with Crippen LogP contribution in [-0.2, 0) is 4.79 Å². The molecule has 0 aromatic carbocycles. The van der Waals surface area contributed by atoms with Crippen molar-refractivity contribution in [2.24, 2.45) is 5.73 Å². The topological polar surface area (TPSA) is 63.3 Å². The Morgan fingerprint density at radius 1 is 0.739 bits per heavy atom. The van der Waals surface area contributed by atoms with Crippen LogP contribution >= 0.6 is 0 Å². The number of unbranched alkanes of at least 4 members (excludes halogenated alkanes) is 14. The van der Waals surface area contributed by atoms with Crippen LogP contribution in [0.4, 0.5) is 0 Å². The molecular weight excluding hydrogens is 297 g/mol. The number of carbonyl (C=O) groups is 1. The van der Waals surface area contributed by atoms with Gasteiger partial charge in [-0.15, -0.1) is 0 Å². The maximum absolute atomic E-state index is 10.6. The number of hydrogen-bond acceptors (Lipinski definition) is 2. The summed E-state index contributed by atoms with van der Waals surface area (Å²) in [7, 11) is 0. The minimum atomic E-state index is -0.870. The Labute approximate surface area is 166 Å². The molecule has 0 aromatic heterocycles. The molecule has 3 N–H and O–H groups in total. The minimum absolute atomic E-state index is 0. The summed E-state index contributed by atoms with van der Waals surface area (Å²) >= 11 is 0. The van der Waals surface area contributed by atoms with Gasteiger partial charge in [-0.2, -0.15) is 0 Å².